The second-order valence-corrected chi connectivity index (χ2v) is 7.35. The number of nitrogens with zero attached hydrogens (tertiary/aromatic N) is 4. The monoisotopic (exact) mass is 374 g/mol. The molecule has 8 nitrogen and oxygen atoms in total. The number of rotatable bonds is 3. The van der Waals surface area contributed by atoms with Crippen LogP contribution < -0.4 is 0 Å². The van der Waals surface area contributed by atoms with Crippen molar-refractivity contribution in [3.63, 3.8) is 0 Å². The summed E-state index contributed by atoms with van der Waals surface area (Å²) in [5.41, 5.74) is 3.08. The Morgan fingerprint density at radius 2 is 2.04 bits per heavy atom. The van der Waals surface area contributed by atoms with E-state index in [2.05, 4.69) is 9.88 Å². The van der Waals surface area contributed by atoms with Crippen molar-refractivity contribution in [3.8, 4) is 0 Å². The topological polar surface area (TPSA) is 90.5 Å². The number of aliphatic hydroxyl groups is 2. The standard InChI is InChI=1S/C19H26N4O4/c1-13-3-2-5-23-14(11-21-6-4-15(24)16(25)12-21)17(20-18(13)23)19(26)22-7-9-27-10-8-22/h2-3,5,15-16,24-25H,4,6-12H2,1H3/t15-,16-/m0/s1. The molecule has 1 amide bonds. The van der Waals surface area contributed by atoms with Gasteiger partial charge in [-0.15, -0.1) is 0 Å². The predicted molar refractivity (Wildman–Crippen MR) is 98.6 cm³/mol. The van der Waals surface area contributed by atoms with Gasteiger partial charge < -0.3 is 24.3 Å². The highest BCUT2D eigenvalue weighted by Crippen LogP contribution is 2.22. The number of carbonyl (C=O) groups is 1. The number of hydrogen-bond acceptors (Lipinski definition) is 6. The van der Waals surface area contributed by atoms with Gasteiger partial charge >= 0.3 is 0 Å². The van der Waals surface area contributed by atoms with Gasteiger partial charge in [0.25, 0.3) is 5.91 Å². The quantitative estimate of drug-likeness (QED) is 0.789. The lowest BCUT2D eigenvalue weighted by molar-refractivity contribution is -0.0407. The van der Waals surface area contributed by atoms with Crippen molar-refractivity contribution in [2.24, 2.45) is 0 Å². The average Bonchev–Trinajstić information content (AvgIpc) is 3.05. The maximum Gasteiger partial charge on any atom is 0.274 e. The zero-order valence-corrected chi connectivity index (χ0v) is 15.5. The van der Waals surface area contributed by atoms with Crippen LogP contribution in [0, 0.1) is 6.92 Å². The zero-order valence-electron chi connectivity index (χ0n) is 15.5. The minimum atomic E-state index is -0.766. The minimum absolute atomic E-state index is 0.0750. The van der Waals surface area contributed by atoms with E-state index < -0.39 is 12.2 Å². The molecular weight excluding hydrogens is 348 g/mol. The van der Waals surface area contributed by atoms with E-state index in [1.54, 1.807) is 4.90 Å². The zero-order chi connectivity index (χ0) is 19.0. The Kier molecular flexibility index (Phi) is 5.14. The number of β-amino-alcohol motifs (C(OH)–C–C–N with tert-alkyl or cyclic N) is 1. The van der Waals surface area contributed by atoms with Gasteiger partial charge in [0.15, 0.2) is 5.69 Å². The minimum Gasteiger partial charge on any atom is -0.390 e. The first-order chi connectivity index (χ1) is 13.0. The number of piperidine rings is 1. The highest BCUT2D eigenvalue weighted by Gasteiger charge is 2.30. The molecule has 8 heteroatoms. The summed E-state index contributed by atoms with van der Waals surface area (Å²) in [5.74, 6) is -0.0750. The van der Waals surface area contributed by atoms with Gasteiger partial charge in [0.05, 0.1) is 31.1 Å². The number of hydrogen-bond donors (Lipinski definition) is 2. The lowest BCUT2D eigenvalue weighted by atomic mass is 10.0. The summed E-state index contributed by atoms with van der Waals surface area (Å²) in [7, 11) is 0. The van der Waals surface area contributed by atoms with Crippen LogP contribution in [-0.4, -0.2) is 86.9 Å². The Hall–Kier alpha value is -2.00. The van der Waals surface area contributed by atoms with Crippen molar-refractivity contribution < 1.29 is 19.7 Å². The summed E-state index contributed by atoms with van der Waals surface area (Å²) >= 11 is 0. The lowest BCUT2D eigenvalue weighted by Crippen LogP contribution is -2.46. The summed E-state index contributed by atoms with van der Waals surface area (Å²) in [4.78, 5) is 21.7. The summed E-state index contributed by atoms with van der Waals surface area (Å²) in [6.07, 6.45) is 0.998. The maximum absolute atomic E-state index is 13.1. The SMILES string of the molecule is Cc1cccn2c(CN3CC[C@H](O)[C@@H](O)C3)c(C(=O)N3CCOCC3)nc12. The van der Waals surface area contributed by atoms with E-state index in [-0.39, 0.29) is 5.91 Å². The normalized spacial score (nSPS) is 24.5. The first-order valence-corrected chi connectivity index (χ1v) is 9.46. The van der Waals surface area contributed by atoms with Crippen LogP contribution in [0.1, 0.15) is 28.2 Å². The van der Waals surface area contributed by atoms with Crippen LogP contribution in [0.3, 0.4) is 0 Å². The number of imidazole rings is 1. The molecule has 2 atom stereocenters. The summed E-state index contributed by atoms with van der Waals surface area (Å²) in [6, 6.07) is 3.93. The summed E-state index contributed by atoms with van der Waals surface area (Å²) < 4.78 is 7.33. The summed E-state index contributed by atoms with van der Waals surface area (Å²) in [6.45, 7) is 5.76. The molecule has 0 radical (unpaired) electrons. The lowest BCUT2D eigenvalue weighted by Gasteiger charge is -2.33. The largest absolute Gasteiger partial charge is 0.390 e. The number of morpholine rings is 1. The molecule has 2 aromatic rings. The fourth-order valence-electron chi connectivity index (χ4n) is 3.83. The molecule has 4 heterocycles. The highest BCUT2D eigenvalue weighted by molar-refractivity contribution is 5.94. The van der Waals surface area contributed by atoms with Gasteiger partial charge in [0.2, 0.25) is 0 Å². The van der Waals surface area contributed by atoms with Crippen LogP contribution in [0.25, 0.3) is 5.65 Å². The molecule has 0 saturated carbocycles. The first-order valence-electron chi connectivity index (χ1n) is 9.46. The Bertz CT molecular complexity index is 830. The third kappa shape index (κ3) is 3.58. The number of carbonyl (C=O) groups excluding carboxylic acids is 1. The molecule has 0 aliphatic carbocycles. The van der Waals surface area contributed by atoms with Crippen molar-refractivity contribution in [3.05, 3.63) is 35.3 Å². The molecule has 2 fully saturated rings. The van der Waals surface area contributed by atoms with Crippen LogP contribution in [-0.2, 0) is 11.3 Å². The van der Waals surface area contributed by atoms with Gasteiger partial charge in [-0.2, -0.15) is 0 Å². The van der Waals surface area contributed by atoms with Crippen LogP contribution in [0.2, 0.25) is 0 Å². The molecule has 4 rings (SSSR count). The number of aryl methyl sites for hydroxylation is 1. The Morgan fingerprint density at radius 3 is 2.78 bits per heavy atom. The number of pyridine rings is 1. The molecule has 27 heavy (non-hydrogen) atoms. The summed E-state index contributed by atoms with van der Waals surface area (Å²) in [5, 5.41) is 19.8. The van der Waals surface area contributed by atoms with E-state index in [1.807, 2.05) is 29.7 Å². The van der Waals surface area contributed by atoms with Gasteiger partial charge in [-0.3, -0.25) is 9.69 Å². The number of fused-ring (bicyclic) bond motifs is 1. The molecule has 146 valence electrons. The molecule has 2 aliphatic rings. The number of ether oxygens (including phenoxy) is 1. The Labute approximate surface area is 158 Å². The third-order valence-corrected chi connectivity index (χ3v) is 5.45. The number of amides is 1. The number of aromatic nitrogens is 2. The van der Waals surface area contributed by atoms with E-state index in [4.69, 9.17) is 4.74 Å². The van der Waals surface area contributed by atoms with Crippen molar-refractivity contribution in [1.29, 1.82) is 0 Å². The highest BCUT2D eigenvalue weighted by atomic mass is 16.5. The van der Waals surface area contributed by atoms with Gasteiger partial charge in [0, 0.05) is 38.9 Å². The first kappa shape index (κ1) is 18.4. The van der Waals surface area contributed by atoms with Crippen LogP contribution in [0.5, 0.6) is 0 Å². The van der Waals surface area contributed by atoms with Crippen molar-refractivity contribution in [2.45, 2.75) is 32.1 Å². The van der Waals surface area contributed by atoms with E-state index in [0.717, 1.165) is 16.9 Å². The van der Waals surface area contributed by atoms with Gasteiger partial charge in [0.1, 0.15) is 5.65 Å². The Morgan fingerprint density at radius 1 is 1.26 bits per heavy atom. The van der Waals surface area contributed by atoms with Gasteiger partial charge in [-0.1, -0.05) is 6.07 Å². The molecule has 2 N–H and O–H groups in total. The predicted octanol–water partition coefficient (Wildman–Crippen LogP) is 0.0426. The number of likely N-dealkylation sites (tertiary alicyclic amines) is 1. The van der Waals surface area contributed by atoms with E-state index in [1.165, 1.54) is 0 Å². The molecule has 2 aromatic heterocycles. The molecule has 2 aliphatic heterocycles. The molecule has 0 bridgehead atoms. The van der Waals surface area contributed by atoms with E-state index in [0.29, 0.717) is 58.1 Å². The molecule has 2 saturated heterocycles. The van der Waals surface area contributed by atoms with E-state index >= 15 is 0 Å². The van der Waals surface area contributed by atoms with Crippen LogP contribution in [0.4, 0.5) is 0 Å². The second kappa shape index (κ2) is 7.55. The Balaban J connectivity index is 1.68. The number of aliphatic hydroxyl groups excluding tert-OH is 2. The van der Waals surface area contributed by atoms with Crippen LogP contribution >= 0.6 is 0 Å². The molecular formula is C19H26N4O4. The maximum atomic E-state index is 13.1. The third-order valence-electron chi connectivity index (χ3n) is 5.45. The van der Waals surface area contributed by atoms with Crippen LogP contribution in [0.15, 0.2) is 18.3 Å². The fraction of sp³-hybridized carbons (Fsp3) is 0.579. The average molecular weight is 374 g/mol. The van der Waals surface area contributed by atoms with Crippen molar-refractivity contribution in [1.82, 2.24) is 19.2 Å². The van der Waals surface area contributed by atoms with Gasteiger partial charge in [-0.25, -0.2) is 4.98 Å². The molecule has 0 aromatic carbocycles. The van der Waals surface area contributed by atoms with Gasteiger partial charge in [-0.05, 0) is 25.0 Å². The van der Waals surface area contributed by atoms with Crippen molar-refractivity contribution >= 4 is 11.6 Å². The smallest absolute Gasteiger partial charge is 0.274 e. The second-order valence-electron chi connectivity index (χ2n) is 7.35. The molecule has 0 spiro atoms. The van der Waals surface area contributed by atoms with E-state index in [9.17, 15) is 15.0 Å². The fourth-order valence-corrected chi connectivity index (χ4v) is 3.83. The van der Waals surface area contributed by atoms with Crippen molar-refractivity contribution in [2.75, 3.05) is 39.4 Å². The molecule has 0 unspecified atom stereocenters.